The maximum Gasteiger partial charge on any atom is 0.142 e. The minimum Gasteiger partial charge on any atom is -0.310 e. The quantitative estimate of drug-likeness (QED) is 0.592. The SMILES string of the molecule is CCNC(c1cc(F)c(Cl)cc1F)C1CCCCCC1. The normalized spacial score (nSPS) is 18.8. The molecule has 0 radical (unpaired) electrons. The van der Waals surface area contributed by atoms with E-state index in [1.165, 1.54) is 31.7 Å². The van der Waals surface area contributed by atoms with Gasteiger partial charge in [0.05, 0.1) is 5.02 Å². The van der Waals surface area contributed by atoms with Crippen molar-refractivity contribution in [3.8, 4) is 0 Å². The second-order valence-electron chi connectivity index (χ2n) is 5.57. The van der Waals surface area contributed by atoms with Crippen LogP contribution < -0.4 is 5.32 Å². The molecule has 1 saturated carbocycles. The zero-order valence-corrected chi connectivity index (χ0v) is 12.6. The molecule has 1 nitrogen and oxygen atoms in total. The first kappa shape index (κ1) is 15.7. The van der Waals surface area contributed by atoms with E-state index in [1.807, 2.05) is 6.92 Å². The molecule has 1 unspecified atom stereocenters. The van der Waals surface area contributed by atoms with Gasteiger partial charge in [-0.3, -0.25) is 0 Å². The average molecular weight is 302 g/mol. The summed E-state index contributed by atoms with van der Waals surface area (Å²) in [7, 11) is 0. The van der Waals surface area contributed by atoms with E-state index in [9.17, 15) is 8.78 Å². The molecule has 0 saturated heterocycles. The molecule has 0 spiro atoms. The second-order valence-corrected chi connectivity index (χ2v) is 5.98. The molecule has 1 aliphatic rings. The summed E-state index contributed by atoms with van der Waals surface area (Å²) in [6.45, 7) is 2.73. The van der Waals surface area contributed by atoms with Crippen molar-refractivity contribution in [2.45, 2.75) is 51.5 Å². The third-order valence-corrected chi connectivity index (χ3v) is 4.46. The lowest BCUT2D eigenvalue weighted by Crippen LogP contribution is -2.29. The Morgan fingerprint density at radius 1 is 1.15 bits per heavy atom. The van der Waals surface area contributed by atoms with Gasteiger partial charge in [-0.1, -0.05) is 44.2 Å². The molecule has 0 aromatic heterocycles. The third kappa shape index (κ3) is 3.70. The molecular weight excluding hydrogens is 280 g/mol. The molecule has 1 N–H and O–H groups in total. The number of nitrogens with one attached hydrogen (secondary N) is 1. The fraction of sp³-hybridized carbons (Fsp3) is 0.625. The molecule has 0 aliphatic heterocycles. The van der Waals surface area contributed by atoms with Crippen molar-refractivity contribution in [2.24, 2.45) is 5.92 Å². The van der Waals surface area contributed by atoms with Gasteiger partial charge in [0.2, 0.25) is 0 Å². The Hall–Kier alpha value is -0.670. The van der Waals surface area contributed by atoms with Gasteiger partial charge in [-0.25, -0.2) is 8.78 Å². The van der Waals surface area contributed by atoms with Crippen LogP contribution in [0.15, 0.2) is 12.1 Å². The predicted molar refractivity (Wildman–Crippen MR) is 79.0 cm³/mol. The van der Waals surface area contributed by atoms with Crippen molar-refractivity contribution < 1.29 is 8.78 Å². The third-order valence-electron chi connectivity index (χ3n) is 4.17. The highest BCUT2D eigenvalue weighted by Crippen LogP contribution is 2.35. The van der Waals surface area contributed by atoms with Crippen molar-refractivity contribution >= 4 is 11.6 Å². The highest BCUT2D eigenvalue weighted by molar-refractivity contribution is 6.30. The standard InChI is InChI=1S/C16H22ClF2N/c1-2-20-16(11-7-5-3-4-6-8-11)12-9-15(19)13(17)10-14(12)18/h9-11,16,20H,2-8H2,1H3. The zero-order valence-electron chi connectivity index (χ0n) is 11.9. The molecule has 20 heavy (non-hydrogen) atoms. The van der Waals surface area contributed by atoms with Crippen LogP contribution in [0.3, 0.4) is 0 Å². The maximum absolute atomic E-state index is 14.2. The minimum atomic E-state index is -0.542. The summed E-state index contributed by atoms with van der Waals surface area (Å²) in [4.78, 5) is 0. The Morgan fingerprint density at radius 3 is 2.40 bits per heavy atom. The summed E-state index contributed by atoms with van der Waals surface area (Å²) in [5.74, 6) is -0.585. The first-order valence-electron chi connectivity index (χ1n) is 7.51. The van der Waals surface area contributed by atoms with Crippen LogP contribution in [-0.4, -0.2) is 6.54 Å². The second kappa shape index (κ2) is 7.37. The van der Waals surface area contributed by atoms with Gasteiger partial charge >= 0.3 is 0 Å². The van der Waals surface area contributed by atoms with Crippen molar-refractivity contribution in [1.29, 1.82) is 0 Å². The number of hydrogen-bond acceptors (Lipinski definition) is 1. The smallest absolute Gasteiger partial charge is 0.142 e. The molecule has 1 aromatic rings. The molecule has 4 heteroatoms. The van der Waals surface area contributed by atoms with Gasteiger partial charge in [-0.2, -0.15) is 0 Å². The largest absolute Gasteiger partial charge is 0.310 e. The lowest BCUT2D eigenvalue weighted by atomic mass is 9.87. The summed E-state index contributed by atoms with van der Waals surface area (Å²) >= 11 is 5.64. The fourth-order valence-corrected chi connectivity index (χ4v) is 3.32. The van der Waals surface area contributed by atoms with E-state index in [4.69, 9.17) is 11.6 Å². The molecular formula is C16H22ClF2N. The van der Waals surface area contributed by atoms with Gasteiger partial charge in [-0.05, 0) is 37.4 Å². The van der Waals surface area contributed by atoms with Crippen molar-refractivity contribution in [1.82, 2.24) is 5.32 Å². The number of benzene rings is 1. The van der Waals surface area contributed by atoms with Crippen molar-refractivity contribution in [3.05, 3.63) is 34.4 Å². The van der Waals surface area contributed by atoms with Crippen molar-refractivity contribution in [2.75, 3.05) is 6.54 Å². The molecule has 1 aliphatic carbocycles. The van der Waals surface area contributed by atoms with Crippen LogP contribution in [0.1, 0.15) is 57.1 Å². The summed E-state index contributed by atoms with van der Waals surface area (Å²) < 4.78 is 27.9. The number of halogens is 3. The van der Waals surface area contributed by atoms with Crippen LogP contribution in [0.2, 0.25) is 5.02 Å². The zero-order chi connectivity index (χ0) is 14.5. The molecule has 0 heterocycles. The number of rotatable bonds is 4. The Bertz CT molecular complexity index is 442. The predicted octanol–water partition coefficient (Wildman–Crippen LogP) is 5.24. The summed E-state index contributed by atoms with van der Waals surface area (Å²) in [6, 6.07) is 2.23. The van der Waals surface area contributed by atoms with Crippen molar-refractivity contribution in [3.63, 3.8) is 0 Å². The van der Waals surface area contributed by atoms with E-state index in [0.29, 0.717) is 11.5 Å². The molecule has 0 bridgehead atoms. The van der Waals surface area contributed by atoms with E-state index in [0.717, 1.165) is 25.5 Å². The van der Waals surface area contributed by atoms with Crippen LogP contribution in [0.25, 0.3) is 0 Å². The Balaban J connectivity index is 2.29. The summed E-state index contributed by atoms with van der Waals surface area (Å²) in [5.41, 5.74) is 0.417. The fourth-order valence-electron chi connectivity index (χ4n) is 3.17. The molecule has 1 fully saturated rings. The van der Waals surface area contributed by atoms with Gasteiger partial charge < -0.3 is 5.32 Å². The Kier molecular flexibility index (Phi) is 5.79. The van der Waals surface area contributed by atoms with Gasteiger partial charge in [-0.15, -0.1) is 0 Å². The van der Waals surface area contributed by atoms with Crippen LogP contribution in [0, 0.1) is 17.6 Å². The van der Waals surface area contributed by atoms with Gasteiger partial charge in [0, 0.05) is 11.6 Å². The van der Waals surface area contributed by atoms with Gasteiger partial charge in [0.1, 0.15) is 11.6 Å². The lowest BCUT2D eigenvalue weighted by molar-refractivity contribution is 0.321. The highest BCUT2D eigenvalue weighted by Gasteiger charge is 2.26. The highest BCUT2D eigenvalue weighted by atomic mass is 35.5. The van der Waals surface area contributed by atoms with Crippen LogP contribution in [-0.2, 0) is 0 Å². The lowest BCUT2D eigenvalue weighted by Gasteiger charge is -2.28. The van der Waals surface area contributed by atoms with Gasteiger partial charge in [0.25, 0.3) is 0 Å². The Labute approximate surface area is 124 Å². The molecule has 112 valence electrons. The van der Waals surface area contributed by atoms with E-state index in [1.54, 1.807) is 0 Å². The van der Waals surface area contributed by atoms with E-state index in [2.05, 4.69) is 5.32 Å². The van der Waals surface area contributed by atoms with Crippen LogP contribution >= 0.6 is 11.6 Å². The van der Waals surface area contributed by atoms with E-state index >= 15 is 0 Å². The molecule has 2 rings (SSSR count). The number of hydrogen-bond donors (Lipinski definition) is 1. The Morgan fingerprint density at radius 2 is 1.80 bits per heavy atom. The molecule has 1 aromatic carbocycles. The summed E-state index contributed by atoms with van der Waals surface area (Å²) in [5, 5.41) is 3.18. The van der Waals surface area contributed by atoms with Gasteiger partial charge in [0.15, 0.2) is 0 Å². The van der Waals surface area contributed by atoms with Crippen LogP contribution in [0.5, 0.6) is 0 Å². The topological polar surface area (TPSA) is 12.0 Å². The summed E-state index contributed by atoms with van der Waals surface area (Å²) in [6.07, 6.45) is 6.97. The molecule has 0 amide bonds. The monoisotopic (exact) mass is 301 g/mol. The minimum absolute atomic E-state index is 0.120. The first-order valence-corrected chi connectivity index (χ1v) is 7.89. The van der Waals surface area contributed by atoms with E-state index < -0.39 is 11.6 Å². The average Bonchev–Trinajstić information content (AvgIpc) is 2.69. The van der Waals surface area contributed by atoms with E-state index in [-0.39, 0.29) is 11.1 Å². The maximum atomic E-state index is 14.2. The van der Waals surface area contributed by atoms with Crippen LogP contribution in [0.4, 0.5) is 8.78 Å². The first-order chi connectivity index (χ1) is 9.63. The molecule has 1 atom stereocenters.